The van der Waals surface area contributed by atoms with Crippen molar-refractivity contribution in [1.29, 1.82) is 0 Å². The first-order valence-electron chi connectivity index (χ1n) is 13.0. The fourth-order valence-corrected chi connectivity index (χ4v) is 7.04. The lowest BCUT2D eigenvalue weighted by Crippen LogP contribution is -2.37. The highest BCUT2D eigenvalue weighted by molar-refractivity contribution is 7.92. The molecular formula is C26H35N7O3S. The molecule has 0 radical (unpaired) electrons. The number of nitrogens with zero attached hydrogens (tertiary/aromatic N) is 3. The van der Waals surface area contributed by atoms with Gasteiger partial charge in [0.25, 0.3) is 0 Å². The van der Waals surface area contributed by atoms with Crippen molar-refractivity contribution in [3.05, 3.63) is 58.4 Å². The Hall–Kier alpha value is -2.99. The Morgan fingerprint density at radius 1 is 1.05 bits per heavy atom. The number of hydrogen-bond donors (Lipinski definition) is 4. The van der Waals surface area contributed by atoms with Gasteiger partial charge in [-0.25, -0.2) is 13.2 Å². The fourth-order valence-electron chi connectivity index (χ4n) is 5.25. The number of fused-ring (bicyclic) bond motifs is 2. The average Bonchev–Trinajstić information content (AvgIpc) is 3.46. The van der Waals surface area contributed by atoms with Crippen LogP contribution in [0.5, 0.6) is 0 Å². The quantitative estimate of drug-likeness (QED) is 0.243. The van der Waals surface area contributed by atoms with E-state index in [-0.39, 0.29) is 11.0 Å². The number of nitrogens with one attached hydrogen (secondary N) is 2. The van der Waals surface area contributed by atoms with Crippen molar-refractivity contribution in [2.45, 2.75) is 43.9 Å². The van der Waals surface area contributed by atoms with E-state index in [4.69, 9.17) is 11.5 Å². The minimum absolute atomic E-state index is 0.0797. The summed E-state index contributed by atoms with van der Waals surface area (Å²) in [5, 5.41) is 4.81. The van der Waals surface area contributed by atoms with E-state index in [0.29, 0.717) is 38.0 Å². The molecule has 1 aliphatic rings. The molecule has 0 saturated carbocycles. The lowest BCUT2D eigenvalue weighted by atomic mass is 10.1. The molecule has 1 aliphatic heterocycles. The van der Waals surface area contributed by atoms with E-state index in [1.165, 1.54) is 10.1 Å². The second-order valence-corrected chi connectivity index (χ2v) is 12.2. The average molecular weight is 526 g/mol. The van der Waals surface area contributed by atoms with E-state index in [2.05, 4.69) is 26.0 Å². The lowest BCUT2D eigenvalue weighted by Gasteiger charge is -2.22. The Labute approximate surface area is 216 Å². The number of piperidine rings is 1. The number of nitrogens with two attached hydrogens (primary N) is 2. The van der Waals surface area contributed by atoms with Crippen molar-refractivity contribution in [3.63, 3.8) is 0 Å². The predicted molar refractivity (Wildman–Crippen MR) is 147 cm³/mol. The zero-order chi connectivity index (χ0) is 26.0. The van der Waals surface area contributed by atoms with Gasteiger partial charge in [0.2, 0.25) is 0 Å². The summed E-state index contributed by atoms with van der Waals surface area (Å²) in [5.41, 5.74) is 15.3. The summed E-state index contributed by atoms with van der Waals surface area (Å²) in [6.45, 7) is 3.43. The molecule has 6 N–H and O–H groups in total. The van der Waals surface area contributed by atoms with Gasteiger partial charge in [-0.1, -0.05) is 6.07 Å². The lowest BCUT2D eigenvalue weighted by molar-refractivity contribution is 0.496. The second-order valence-electron chi connectivity index (χ2n) is 9.79. The van der Waals surface area contributed by atoms with E-state index in [1.807, 2.05) is 24.3 Å². The highest BCUT2D eigenvalue weighted by Gasteiger charge is 2.27. The standard InChI is InChI=1S/C26H35N7O3S/c27-8-1-12-32-16-18(4-9-28)23-3-2-21(15-24(23)32)33-17-19-14-20(30-25(19)31-26(33)34)7-13-37(35,36)22-5-10-29-11-6-22/h2-3,14-17,22,29H,1,4-13,27-28H2,(H,30,31,34). The van der Waals surface area contributed by atoms with Crippen LogP contribution in [0.1, 0.15) is 30.5 Å². The molecule has 37 heavy (non-hydrogen) atoms. The number of aromatic nitrogens is 4. The summed E-state index contributed by atoms with van der Waals surface area (Å²) >= 11 is 0. The molecule has 5 rings (SSSR count). The molecule has 3 aromatic heterocycles. The smallest absolute Gasteiger partial charge is 0.347 e. The van der Waals surface area contributed by atoms with Crippen LogP contribution >= 0.6 is 0 Å². The number of aryl methyl sites for hydroxylation is 2. The molecule has 0 spiro atoms. The minimum atomic E-state index is -3.18. The molecule has 4 aromatic rings. The number of benzene rings is 1. The van der Waals surface area contributed by atoms with Crippen molar-refractivity contribution >= 4 is 31.8 Å². The molecule has 11 heteroatoms. The largest absolute Gasteiger partial charge is 0.354 e. The Morgan fingerprint density at radius 3 is 2.62 bits per heavy atom. The molecule has 0 atom stereocenters. The summed E-state index contributed by atoms with van der Waals surface area (Å²) in [5.74, 6) is 0.0797. The molecule has 1 fully saturated rings. The Kier molecular flexibility index (Phi) is 7.47. The van der Waals surface area contributed by atoms with Gasteiger partial charge in [0.1, 0.15) is 5.65 Å². The molecule has 198 valence electrons. The summed E-state index contributed by atoms with van der Waals surface area (Å²) in [6.07, 6.45) is 7.19. The molecule has 1 saturated heterocycles. The van der Waals surface area contributed by atoms with E-state index in [9.17, 15) is 13.2 Å². The zero-order valence-electron chi connectivity index (χ0n) is 20.9. The van der Waals surface area contributed by atoms with Crippen molar-refractivity contribution in [3.8, 4) is 5.69 Å². The zero-order valence-corrected chi connectivity index (χ0v) is 21.8. The summed E-state index contributed by atoms with van der Waals surface area (Å²) in [6, 6.07) is 7.83. The highest BCUT2D eigenvalue weighted by atomic mass is 32.2. The minimum Gasteiger partial charge on any atom is -0.347 e. The topological polar surface area (TPSA) is 154 Å². The number of sulfone groups is 1. The highest BCUT2D eigenvalue weighted by Crippen LogP contribution is 2.25. The summed E-state index contributed by atoms with van der Waals surface area (Å²) < 4.78 is 29.3. The van der Waals surface area contributed by atoms with Crippen molar-refractivity contribution in [2.24, 2.45) is 11.5 Å². The van der Waals surface area contributed by atoms with Crippen LogP contribution in [0.25, 0.3) is 27.6 Å². The third-order valence-corrected chi connectivity index (χ3v) is 9.52. The maximum absolute atomic E-state index is 13.0. The van der Waals surface area contributed by atoms with E-state index in [0.717, 1.165) is 60.1 Å². The molecule has 10 nitrogen and oxygen atoms in total. The van der Waals surface area contributed by atoms with E-state index < -0.39 is 15.5 Å². The third-order valence-electron chi connectivity index (χ3n) is 7.26. The van der Waals surface area contributed by atoms with Crippen LogP contribution in [0.15, 0.2) is 41.5 Å². The van der Waals surface area contributed by atoms with Crippen LogP contribution in [-0.2, 0) is 29.2 Å². The first-order chi connectivity index (χ1) is 17.9. The van der Waals surface area contributed by atoms with Gasteiger partial charge in [-0.15, -0.1) is 0 Å². The Balaban J connectivity index is 1.43. The van der Waals surface area contributed by atoms with Gasteiger partial charge in [0.05, 0.1) is 22.2 Å². The van der Waals surface area contributed by atoms with Crippen LogP contribution in [0, 0.1) is 0 Å². The maximum Gasteiger partial charge on any atom is 0.354 e. The van der Waals surface area contributed by atoms with Crippen LogP contribution in [0.3, 0.4) is 0 Å². The van der Waals surface area contributed by atoms with Crippen LogP contribution in [-0.4, -0.2) is 64.7 Å². The predicted octanol–water partition coefficient (Wildman–Crippen LogP) is 1.23. The van der Waals surface area contributed by atoms with E-state index >= 15 is 0 Å². The molecular weight excluding hydrogens is 490 g/mol. The summed E-state index contributed by atoms with van der Waals surface area (Å²) in [4.78, 5) is 20.3. The molecule has 4 heterocycles. The Morgan fingerprint density at radius 2 is 1.86 bits per heavy atom. The van der Waals surface area contributed by atoms with Gasteiger partial charge in [0, 0.05) is 41.8 Å². The number of rotatable bonds is 10. The summed E-state index contributed by atoms with van der Waals surface area (Å²) in [7, 11) is -3.18. The SMILES string of the molecule is NCCCn1cc(CCN)c2ccc(-n3cc4cc(CCS(=O)(=O)C5CCNCC5)[nH]c4nc3=O)cc21. The van der Waals surface area contributed by atoms with Gasteiger partial charge in [0.15, 0.2) is 9.84 Å². The van der Waals surface area contributed by atoms with Crippen molar-refractivity contribution < 1.29 is 8.42 Å². The number of hydrogen-bond acceptors (Lipinski definition) is 7. The third kappa shape index (κ3) is 5.35. The van der Waals surface area contributed by atoms with Crippen LogP contribution in [0.2, 0.25) is 0 Å². The molecule has 0 bridgehead atoms. The van der Waals surface area contributed by atoms with Crippen LogP contribution < -0.4 is 22.5 Å². The maximum atomic E-state index is 13.0. The first kappa shape index (κ1) is 25.7. The van der Waals surface area contributed by atoms with Crippen molar-refractivity contribution in [1.82, 2.24) is 24.4 Å². The number of aromatic amines is 1. The van der Waals surface area contributed by atoms with Gasteiger partial charge in [-0.05, 0) is 75.6 Å². The van der Waals surface area contributed by atoms with Crippen LogP contribution in [0.4, 0.5) is 0 Å². The second kappa shape index (κ2) is 10.8. The first-order valence-corrected chi connectivity index (χ1v) is 14.7. The van der Waals surface area contributed by atoms with E-state index in [1.54, 1.807) is 6.20 Å². The van der Waals surface area contributed by atoms with Gasteiger partial charge in [-0.3, -0.25) is 4.57 Å². The fraction of sp³-hybridized carbons (Fsp3) is 0.462. The molecule has 1 aromatic carbocycles. The molecule has 0 aliphatic carbocycles. The molecule has 0 unspecified atom stereocenters. The van der Waals surface area contributed by atoms with Crippen molar-refractivity contribution in [2.75, 3.05) is 31.9 Å². The monoisotopic (exact) mass is 525 g/mol. The molecule has 0 amide bonds. The van der Waals surface area contributed by atoms with Gasteiger partial charge in [-0.2, -0.15) is 4.98 Å². The van der Waals surface area contributed by atoms with Gasteiger partial charge >= 0.3 is 5.69 Å². The normalized spacial score (nSPS) is 15.2. The number of H-pyrrole nitrogens is 1. The van der Waals surface area contributed by atoms with Gasteiger partial charge < -0.3 is 26.3 Å². The Bertz CT molecular complexity index is 1560.